The van der Waals surface area contributed by atoms with Gasteiger partial charge in [0.2, 0.25) is 5.91 Å². The molecular formula is C12H18N2O2S. The van der Waals surface area contributed by atoms with Crippen LogP contribution in [0.2, 0.25) is 0 Å². The molecule has 0 radical (unpaired) electrons. The van der Waals surface area contributed by atoms with Crippen molar-refractivity contribution in [2.45, 2.75) is 39.3 Å². The highest BCUT2D eigenvalue weighted by molar-refractivity contribution is 7.09. The molecule has 1 aromatic heterocycles. The second-order valence-electron chi connectivity index (χ2n) is 4.51. The Kier molecular flexibility index (Phi) is 4.42. The fraction of sp³-hybridized carbons (Fsp3) is 0.500. The van der Waals surface area contributed by atoms with Crippen molar-refractivity contribution < 1.29 is 9.90 Å². The third-order valence-corrected chi connectivity index (χ3v) is 3.32. The molecule has 0 fully saturated rings. The zero-order valence-corrected chi connectivity index (χ0v) is 11.3. The van der Waals surface area contributed by atoms with Crippen LogP contribution in [0.4, 0.5) is 0 Å². The number of aliphatic hydroxyl groups is 1. The van der Waals surface area contributed by atoms with Crippen LogP contribution in [-0.4, -0.2) is 27.6 Å². The van der Waals surface area contributed by atoms with Crippen LogP contribution in [0, 0.1) is 6.92 Å². The van der Waals surface area contributed by atoms with Gasteiger partial charge in [-0.15, -0.1) is 11.3 Å². The minimum absolute atomic E-state index is 0.235. The summed E-state index contributed by atoms with van der Waals surface area (Å²) in [6, 6.07) is 0. The first-order valence-electron chi connectivity index (χ1n) is 5.41. The van der Waals surface area contributed by atoms with Crippen LogP contribution in [0.3, 0.4) is 0 Å². The Bertz CT molecular complexity index is 422. The standard InChI is InChI=1S/C12H18N2O2S/c1-8(15)12(3,4)14-11(16)6-5-10-7-17-9(2)13-10/h5-8,15H,1-4H3,(H,14,16)/b6-5+. The number of thiazole rings is 1. The Hall–Kier alpha value is -1.20. The fourth-order valence-corrected chi connectivity index (χ4v) is 1.66. The van der Waals surface area contributed by atoms with Crippen molar-refractivity contribution in [3.63, 3.8) is 0 Å². The summed E-state index contributed by atoms with van der Waals surface area (Å²) in [6.45, 7) is 7.11. The van der Waals surface area contributed by atoms with Crippen molar-refractivity contribution in [3.8, 4) is 0 Å². The Balaban J connectivity index is 2.58. The van der Waals surface area contributed by atoms with Gasteiger partial charge in [-0.3, -0.25) is 4.79 Å². The topological polar surface area (TPSA) is 62.2 Å². The number of amides is 1. The lowest BCUT2D eigenvalue weighted by Crippen LogP contribution is -2.50. The Morgan fingerprint density at radius 2 is 2.29 bits per heavy atom. The summed E-state index contributed by atoms with van der Waals surface area (Å²) in [6.07, 6.45) is 2.48. The largest absolute Gasteiger partial charge is 0.391 e. The normalized spacial score (nSPS) is 13.9. The van der Waals surface area contributed by atoms with Gasteiger partial charge in [-0.1, -0.05) is 0 Å². The third kappa shape index (κ3) is 4.28. The molecule has 0 saturated carbocycles. The number of nitrogens with zero attached hydrogens (tertiary/aromatic N) is 1. The van der Waals surface area contributed by atoms with E-state index in [9.17, 15) is 9.90 Å². The van der Waals surface area contributed by atoms with E-state index < -0.39 is 11.6 Å². The SMILES string of the molecule is Cc1nc(/C=C/C(=O)NC(C)(C)C(C)O)cs1. The molecule has 1 amide bonds. The van der Waals surface area contributed by atoms with Gasteiger partial charge in [0.05, 0.1) is 22.3 Å². The fourth-order valence-electron chi connectivity index (χ4n) is 1.08. The quantitative estimate of drug-likeness (QED) is 0.805. The van der Waals surface area contributed by atoms with Crippen molar-refractivity contribution in [1.29, 1.82) is 0 Å². The van der Waals surface area contributed by atoms with E-state index in [1.54, 1.807) is 38.2 Å². The van der Waals surface area contributed by atoms with Crippen LogP contribution < -0.4 is 5.32 Å². The van der Waals surface area contributed by atoms with E-state index in [4.69, 9.17) is 0 Å². The molecule has 17 heavy (non-hydrogen) atoms. The summed E-state index contributed by atoms with van der Waals surface area (Å²) in [5.74, 6) is -0.235. The molecule has 1 aromatic rings. The van der Waals surface area contributed by atoms with E-state index in [0.717, 1.165) is 10.7 Å². The lowest BCUT2D eigenvalue weighted by molar-refractivity contribution is -0.119. The molecule has 1 heterocycles. The van der Waals surface area contributed by atoms with Gasteiger partial charge in [0.1, 0.15) is 0 Å². The Labute approximate surface area is 105 Å². The Morgan fingerprint density at radius 3 is 2.76 bits per heavy atom. The molecule has 0 bridgehead atoms. The number of hydrogen-bond acceptors (Lipinski definition) is 4. The number of aliphatic hydroxyl groups excluding tert-OH is 1. The average molecular weight is 254 g/mol. The molecule has 0 aromatic carbocycles. The van der Waals surface area contributed by atoms with E-state index in [2.05, 4.69) is 10.3 Å². The van der Waals surface area contributed by atoms with E-state index in [1.165, 1.54) is 6.08 Å². The van der Waals surface area contributed by atoms with E-state index in [1.807, 2.05) is 12.3 Å². The molecule has 0 saturated heterocycles. The van der Waals surface area contributed by atoms with Crippen LogP contribution >= 0.6 is 11.3 Å². The first kappa shape index (κ1) is 13.9. The monoisotopic (exact) mass is 254 g/mol. The average Bonchev–Trinajstić information content (AvgIpc) is 2.60. The maximum atomic E-state index is 11.6. The van der Waals surface area contributed by atoms with E-state index in [-0.39, 0.29) is 5.91 Å². The smallest absolute Gasteiger partial charge is 0.244 e. The molecule has 1 rings (SSSR count). The van der Waals surface area contributed by atoms with Gasteiger partial charge < -0.3 is 10.4 Å². The van der Waals surface area contributed by atoms with Crippen molar-refractivity contribution >= 4 is 23.3 Å². The van der Waals surface area contributed by atoms with Crippen LogP contribution in [0.5, 0.6) is 0 Å². The zero-order valence-electron chi connectivity index (χ0n) is 10.5. The maximum Gasteiger partial charge on any atom is 0.244 e. The molecule has 1 atom stereocenters. The summed E-state index contributed by atoms with van der Waals surface area (Å²) in [4.78, 5) is 15.8. The van der Waals surface area contributed by atoms with Crippen molar-refractivity contribution in [2.24, 2.45) is 0 Å². The molecule has 5 heteroatoms. The van der Waals surface area contributed by atoms with Gasteiger partial charge in [0.15, 0.2) is 0 Å². The van der Waals surface area contributed by atoms with E-state index in [0.29, 0.717) is 0 Å². The minimum Gasteiger partial charge on any atom is -0.391 e. The molecule has 4 nitrogen and oxygen atoms in total. The first-order valence-corrected chi connectivity index (χ1v) is 6.29. The van der Waals surface area contributed by atoms with E-state index >= 15 is 0 Å². The molecule has 0 spiro atoms. The third-order valence-electron chi connectivity index (χ3n) is 2.53. The number of aromatic nitrogens is 1. The molecule has 0 aliphatic carbocycles. The lowest BCUT2D eigenvalue weighted by Gasteiger charge is -2.28. The highest BCUT2D eigenvalue weighted by Gasteiger charge is 2.24. The number of hydrogen-bond donors (Lipinski definition) is 2. The molecular weight excluding hydrogens is 236 g/mol. The van der Waals surface area contributed by atoms with Gasteiger partial charge in [-0.05, 0) is 33.8 Å². The molecule has 2 N–H and O–H groups in total. The van der Waals surface area contributed by atoms with Crippen molar-refractivity contribution in [1.82, 2.24) is 10.3 Å². The first-order chi connectivity index (χ1) is 7.81. The van der Waals surface area contributed by atoms with Gasteiger partial charge in [-0.25, -0.2) is 4.98 Å². The molecule has 1 unspecified atom stereocenters. The predicted octanol–water partition coefficient (Wildman–Crippen LogP) is 1.74. The Morgan fingerprint density at radius 1 is 1.65 bits per heavy atom. The van der Waals surface area contributed by atoms with Gasteiger partial charge >= 0.3 is 0 Å². The van der Waals surface area contributed by atoms with Crippen LogP contribution in [0.25, 0.3) is 6.08 Å². The minimum atomic E-state index is -0.639. The number of carbonyl (C=O) groups is 1. The zero-order chi connectivity index (χ0) is 13.1. The summed E-state index contributed by atoms with van der Waals surface area (Å²) >= 11 is 1.54. The number of carbonyl (C=O) groups excluding carboxylic acids is 1. The van der Waals surface area contributed by atoms with Gasteiger partial charge in [-0.2, -0.15) is 0 Å². The lowest BCUT2D eigenvalue weighted by atomic mass is 9.99. The summed E-state index contributed by atoms with van der Waals surface area (Å²) < 4.78 is 0. The van der Waals surface area contributed by atoms with Gasteiger partial charge in [0.25, 0.3) is 0 Å². The van der Waals surface area contributed by atoms with Crippen molar-refractivity contribution in [2.75, 3.05) is 0 Å². The molecule has 0 aliphatic heterocycles. The van der Waals surface area contributed by atoms with Gasteiger partial charge in [0, 0.05) is 11.5 Å². The summed E-state index contributed by atoms with van der Waals surface area (Å²) in [7, 11) is 0. The highest BCUT2D eigenvalue weighted by atomic mass is 32.1. The summed E-state index contributed by atoms with van der Waals surface area (Å²) in [5, 5.41) is 15.1. The van der Waals surface area contributed by atoms with Crippen LogP contribution in [-0.2, 0) is 4.79 Å². The summed E-state index contributed by atoms with van der Waals surface area (Å²) in [5.41, 5.74) is 0.136. The second-order valence-corrected chi connectivity index (χ2v) is 5.57. The second kappa shape index (κ2) is 5.42. The van der Waals surface area contributed by atoms with Crippen molar-refractivity contribution in [3.05, 3.63) is 22.2 Å². The number of rotatable bonds is 4. The maximum absolute atomic E-state index is 11.6. The number of nitrogens with one attached hydrogen (secondary N) is 1. The molecule has 0 aliphatic rings. The molecule has 94 valence electrons. The number of aryl methyl sites for hydroxylation is 1. The highest BCUT2D eigenvalue weighted by Crippen LogP contribution is 2.10. The van der Waals surface area contributed by atoms with Crippen LogP contribution in [0.15, 0.2) is 11.5 Å². The van der Waals surface area contributed by atoms with Crippen LogP contribution in [0.1, 0.15) is 31.5 Å². The predicted molar refractivity (Wildman–Crippen MR) is 69.8 cm³/mol.